The molecule has 4 nitrogen and oxygen atoms in total. The molecule has 0 saturated carbocycles. The van der Waals surface area contributed by atoms with Gasteiger partial charge in [-0.3, -0.25) is 9.48 Å². The highest BCUT2D eigenvalue weighted by molar-refractivity contribution is 6.01. The third-order valence-corrected chi connectivity index (χ3v) is 4.79. The molecule has 3 aromatic rings. The van der Waals surface area contributed by atoms with E-state index in [1.165, 1.54) is 18.3 Å². The van der Waals surface area contributed by atoms with Crippen molar-refractivity contribution in [2.75, 3.05) is 0 Å². The zero-order valence-corrected chi connectivity index (χ0v) is 15.1. The number of aromatic nitrogens is 2. The Balaban J connectivity index is 2.04. The number of hydrogen-bond acceptors (Lipinski definition) is 2. The zero-order chi connectivity index (χ0) is 20.9. The van der Waals surface area contributed by atoms with Crippen molar-refractivity contribution in [2.45, 2.75) is 26.2 Å². The van der Waals surface area contributed by atoms with Gasteiger partial charge < -0.3 is 5.32 Å². The van der Waals surface area contributed by atoms with Gasteiger partial charge in [-0.25, -0.2) is 8.78 Å². The van der Waals surface area contributed by atoms with Gasteiger partial charge in [0.2, 0.25) is 0 Å². The molecule has 1 aromatic heterocycles. The van der Waals surface area contributed by atoms with E-state index in [2.05, 4.69) is 10.4 Å². The minimum atomic E-state index is -4.73. The van der Waals surface area contributed by atoms with E-state index >= 15 is 0 Å². The Kier molecular flexibility index (Phi) is 4.40. The van der Waals surface area contributed by atoms with E-state index in [0.717, 1.165) is 16.8 Å². The lowest BCUT2D eigenvalue weighted by Crippen LogP contribution is -2.12. The van der Waals surface area contributed by atoms with E-state index in [0.29, 0.717) is 11.6 Å². The van der Waals surface area contributed by atoms with Crippen LogP contribution in [0.2, 0.25) is 0 Å². The Morgan fingerprint density at radius 1 is 1.03 bits per heavy atom. The molecule has 0 atom stereocenters. The highest BCUT2D eigenvalue weighted by Crippen LogP contribution is 2.42. The summed E-state index contributed by atoms with van der Waals surface area (Å²) in [6, 6.07) is 5.56. The lowest BCUT2D eigenvalue weighted by Gasteiger charge is -2.14. The van der Waals surface area contributed by atoms with Crippen LogP contribution >= 0.6 is 0 Å². The van der Waals surface area contributed by atoms with E-state index in [9.17, 15) is 26.7 Å². The van der Waals surface area contributed by atoms with Crippen molar-refractivity contribution in [3.63, 3.8) is 0 Å². The first-order valence-electron chi connectivity index (χ1n) is 8.74. The SMILES string of the molecule is CCn1cc(-c2cc3c(cc2-c2ccc(F)cc2F)C(=O)NC3)c(C(F)(F)F)n1. The fraction of sp³-hybridized carbons (Fsp3) is 0.200. The minimum absolute atomic E-state index is 0.0550. The summed E-state index contributed by atoms with van der Waals surface area (Å²) in [6.45, 7) is 1.99. The summed E-state index contributed by atoms with van der Waals surface area (Å²) in [5.74, 6) is -2.17. The molecule has 1 aliphatic heterocycles. The van der Waals surface area contributed by atoms with Crippen LogP contribution in [0.3, 0.4) is 0 Å². The van der Waals surface area contributed by atoms with Crippen LogP contribution in [-0.4, -0.2) is 15.7 Å². The van der Waals surface area contributed by atoms with Gasteiger partial charge in [-0.15, -0.1) is 0 Å². The first-order valence-corrected chi connectivity index (χ1v) is 8.74. The van der Waals surface area contributed by atoms with Crippen molar-refractivity contribution >= 4 is 5.91 Å². The number of hydrogen-bond donors (Lipinski definition) is 1. The maximum atomic E-state index is 14.5. The zero-order valence-electron chi connectivity index (χ0n) is 15.1. The number of amides is 1. The molecule has 0 radical (unpaired) electrons. The molecule has 0 saturated heterocycles. The number of carbonyl (C=O) groups is 1. The summed E-state index contributed by atoms with van der Waals surface area (Å²) < 4.78 is 69.9. The standard InChI is InChI=1S/C20H14F5N3O/c1-2-28-9-16(18(27-28)20(23,24)25)14-5-10-8-26-19(29)13(10)7-15(14)12-4-3-11(21)6-17(12)22/h3-7,9H,2,8H2,1H3,(H,26,29). The first kappa shape index (κ1) is 19.1. The normalized spacial score (nSPS) is 13.5. The highest BCUT2D eigenvalue weighted by Gasteiger charge is 2.38. The number of aryl methyl sites for hydroxylation is 1. The summed E-state index contributed by atoms with van der Waals surface area (Å²) in [5.41, 5.74) is -0.600. The maximum Gasteiger partial charge on any atom is 0.435 e. The van der Waals surface area contributed by atoms with Crippen molar-refractivity contribution < 1.29 is 26.7 Å². The largest absolute Gasteiger partial charge is 0.435 e. The van der Waals surface area contributed by atoms with Gasteiger partial charge in [-0.2, -0.15) is 18.3 Å². The van der Waals surface area contributed by atoms with Crippen molar-refractivity contribution in [1.82, 2.24) is 15.1 Å². The molecule has 1 amide bonds. The van der Waals surface area contributed by atoms with E-state index in [4.69, 9.17) is 0 Å². The van der Waals surface area contributed by atoms with Crippen LogP contribution in [-0.2, 0) is 19.3 Å². The molecular formula is C20H14F5N3O. The number of fused-ring (bicyclic) bond motifs is 1. The smallest absolute Gasteiger partial charge is 0.348 e. The third kappa shape index (κ3) is 3.26. The molecular weight excluding hydrogens is 393 g/mol. The fourth-order valence-electron chi connectivity index (χ4n) is 3.42. The monoisotopic (exact) mass is 407 g/mol. The molecule has 0 fully saturated rings. The summed E-state index contributed by atoms with van der Waals surface area (Å²) in [4.78, 5) is 12.1. The Labute approximate surface area is 162 Å². The summed E-state index contributed by atoms with van der Waals surface area (Å²) >= 11 is 0. The van der Waals surface area contributed by atoms with Crippen LogP contribution in [0.5, 0.6) is 0 Å². The molecule has 1 N–H and O–H groups in total. The summed E-state index contributed by atoms with van der Waals surface area (Å²) in [7, 11) is 0. The Hall–Kier alpha value is -3.23. The number of nitrogens with zero attached hydrogens (tertiary/aromatic N) is 2. The van der Waals surface area contributed by atoms with Crippen LogP contribution in [0, 0.1) is 11.6 Å². The molecule has 2 heterocycles. The Morgan fingerprint density at radius 3 is 2.41 bits per heavy atom. The van der Waals surface area contributed by atoms with Crippen LogP contribution in [0.4, 0.5) is 22.0 Å². The van der Waals surface area contributed by atoms with Crippen LogP contribution < -0.4 is 5.32 Å². The molecule has 0 spiro atoms. The molecule has 0 aliphatic carbocycles. The topological polar surface area (TPSA) is 46.9 Å². The minimum Gasteiger partial charge on any atom is -0.348 e. The molecule has 4 rings (SSSR count). The van der Waals surface area contributed by atoms with Crippen LogP contribution in [0.15, 0.2) is 36.5 Å². The molecule has 2 aromatic carbocycles. The van der Waals surface area contributed by atoms with Gasteiger partial charge in [0.1, 0.15) is 11.6 Å². The van der Waals surface area contributed by atoms with E-state index in [1.54, 1.807) is 6.92 Å². The number of benzene rings is 2. The third-order valence-electron chi connectivity index (χ3n) is 4.79. The second-order valence-electron chi connectivity index (χ2n) is 6.61. The summed E-state index contributed by atoms with van der Waals surface area (Å²) in [6.07, 6.45) is -3.50. The van der Waals surface area contributed by atoms with Crippen molar-refractivity contribution in [2.24, 2.45) is 0 Å². The molecule has 9 heteroatoms. The molecule has 0 bridgehead atoms. The summed E-state index contributed by atoms with van der Waals surface area (Å²) in [5, 5.41) is 6.20. The lowest BCUT2D eigenvalue weighted by atomic mass is 9.90. The van der Waals surface area contributed by atoms with E-state index in [1.807, 2.05) is 0 Å². The molecule has 0 unspecified atom stereocenters. The van der Waals surface area contributed by atoms with Gasteiger partial charge in [0.05, 0.1) is 0 Å². The Morgan fingerprint density at radius 2 is 1.76 bits per heavy atom. The van der Waals surface area contributed by atoms with Crippen molar-refractivity contribution in [3.8, 4) is 22.3 Å². The van der Waals surface area contributed by atoms with Crippen LogP contribution in [0.1, 0.15) is 28.5 Å². The highest BCUT2D eigenvalue weighted by atomic mass is 19.4. The van der Waals surface area contributed by atoms with Gasteiger partial charge in [0.15, 0.2) is 5.69 Å². The molecule has 150 valence electrons. The second kappa shape index (κ2) is 6.68. The number of halogens is 5. The predicted molar refractivity (Wildman–Crippen MR) is 94.9 cm³/mol. The molecule has 1 aliphatic rings. The van der Waals surface area contributed by atoms with E-state index in [-0.39, 0.29) is 40.9 Å². The Bertz CT molecular complexity index is 1130. The second-order valence-corrected chi connectivity index (χ2v) is 6.61. The fourth-order valence-corrected chi connectivity index (χ4v) is 3.42. The number of alkyl halides is 3. The average molecular weight is 407 g/mol. The predicted octanol–water partition coefficient (Wildman–Crippen LogP) is 4.78. The van der Waals surface area contributed by atoms with Gasteiger partial charge >= 0.3 is 6.18 Å². The van der Waals surface area contributed by atoms with Gasteiger partial charge in [-0.05, 0) is 47.9 Å². The molecule has 29 heavy (non-hydrogen) atoms. The lowest BCUT2D eigenvalue weighted by molar-refractivity contribution is -0.141. The number of carbonyl (C=O) groups excluding carboxylic acids is 1. The van der Waals surface area contributed by atoms with Crippen molar-refractivity contribution in [3.05, 3.63) is 65.0 Å². The average Bonchev–Trinajstić information content (AvgIpc) is 3.25. The van der Waals surface area contributed by atoms with Crippen LogP contribution in [0.25, 0.3) is 22.3 Å². The van der Waals surface area contributed by atoms with Crippen molar-refractivity contribution in [1.29, 1.82) is 0 Å². The van der Waals surface area contributed by atoms with Gasteiger partial charge in [0, 0.05) is 42.0 Å². The number of nitrogens with one attached hydrogen (secondary N) is 1. The maximum absolute atomic E-state index is 14.5. The van der Waals surface area contributed by atoms with Gasteiger partial charge in [-0.1, -0.05) is 0 Å². The first-order chi connectivity index (χ1) is 13.7. The van der Waals surface area contributed by atoms with E-state index < -0.39 is 29.4 Å². The van der Waals surface area contributed by atoms with Gasteiger partial charge in [0.25, 0.3) is 5.91 Å². The number of rotatable bonds is 3. The quantitative estimate of drug-likeness (QED) is 0.636.